The van der Waals surface area contributed by atoms with Crippen LogP contribution < -0.4 is 0 Å². The number of nitrogens with zero attached hydrogens (tertiary/aromatic N) is 3. The highest BCUT2D eigenvalue weighted by atomic mass is 16.2. The lowest BCUT2D eigenvalue weighted by atomic mass is 9.97. The summed E-state index contributed by atoms with van der Waals surface area (Å²) < 4.78 is 0. The van der Waals surface area contributed by atoms with E-state index < -0.39 is 0 Å². The monoisotopic (exact) mass is 312 g/mol. The summed E-state index contributed by atoms with van der Waals surface area (Å²) in [5, 5.41) is 0. The number of likely N-dealkylation sites (tertiary alicyclic amines) is 2. The van der Waals surface area contributed by atoms with Crippen LogP contribution in [-0.4, -0.2) is 57.4 Å². The molecule has 1 N–H and O–H groups in total. The molecular formula is C18H24N4O. The summed E-state index contributed by atoms with van der Waals surface area (Å²) in [6.45, 7) is 7.17. The van der Waals surface area contributed by atoms with Gasteiger partial charge in [-0.3, -0.25) is 9.69 Å². The molecule has 23 heavy (non-hydrogen) atoms. The van der Waals surface area contributed by atoms with E-state index in [1.165, 1.54) is 25.8 Å². The predicted molar refractivity (Wildman–Crippen MR) is 90.5 cm³/mol. The topological polar surface area (TPSA) is 52.2 Å². The Morgan fingerprint density at radius 2 is 2.13 bits per heavy atom. The van der Waals surface area contributed by atoms with Gasteiger partial charge in [0.25, 0.3) is 5.91 Å². The molecule has 1 amide bonds. The molecule has 4 rings (SSSR count). The van der Waals surface area contributed by atoms with Gasteiger partial charge < -0.3 is 9.88 Å². The summed E-state index contributed by atoms with van der Waals surface area (Å²) >= 11 is 0. The number of carbonyl (C=O) groups excluding carboxylic acids is 1. The molecule has 1 aromatic heterocycles. The number of imidazole rings is 1. The van der Waals surface area contributed by atoms with Gasteiger partial charge in [-0.1, -0.05) is 6.42 Å². The lowest BCUT2D eigenvalue weighted by Gasteiger charge is -2.49. The fourth-order valence-corrected chi connectivity index (χ4v) is 3.95. The Kier molecular flexibility index (Phi) is 3.60. The molecule has 2 aliphatic heterocycles. The normalized spacial score (nSPS) is 23.2. The smallest absolute Gasteiger partial charge is 0.254 e. The number of fused-ring (bicyclic) bond motifs is 1. The molecule has 1 atom stereocenters. The molecule has 0 unspecified atom stereocenters. The zero-order valence-corrected chi connectivity index (χ0v) is 13.9. The van der Waals surface area contributed by atoms with Crippen LogP contribution >= 0.6 is 0 Å². The number of aromatic amines is 1. The van der Waals surface area contributed by atoms with Gasteiger partial charge in [-0.25, -0.2) is 4.98 Å². The molecule has 0 saturated carbocycles. The second-order valence-electron chi connectivity index (χ2n) is 7.00. The molecule has 3 heterocycles. The number of piperidine rings is 1. The Hall–Kier alpha value is -1.88. The van der Waals surface area contributed by atoms with Gasteiger partial charge in [-0.15, -0.1) is 0 Å². The van der Waals surface area contributed by atoms with Crippen LogP contribution in [0, 0.1) is 6.92 Å². The van der Waals surface area contributed by atoms with E-state index in [0.29, 0.717) is 12.1 Å². The Bertz CT molecular complexity index is 732. The molecule has 0 spiro atoms. The highest BCUT2D eigenvalue weighted by Crippen LogP contribution is 2.26. The van der Waals surface area contributed by atoms with E-state index in [9.17, 15) is 4.79 Å². The van der Waals surface area contributed by atoms with E-state index in [4.69, 9.17) is 0 Å². The first-order chi connectivity index (χ1) is 11.1. The van der Waals surface area contributed by atoms with Crippen molar-refractivity contribution in [3.05, 3.63) is 29.6 Å². The van der Waals surface area contributed by atoms with Gasteiger partial charge in [0, 0.05) is 30.7 Å². The van der Waals surface area contributed by atoms with Crippen molar-refractivity contribution in [1.82, 2.24) is 19.8 Å². The second-order valence-corrected chi connectivity index (χ2v) is 7.00. The van der Waals surface area contributed by atoms with Crippen molar-refractivity contribution in [2.24, 2.45) is 0 Å². The van der Waals surface area contributed by atoms with Crippen LogP contribution in [0.1, 0.15) is 42.4 Å². The number of hydrogen-bond donors (Lipinski definition) is 1. The molecular weight excluding hydrogens is 288 g/mol. The average molecular weight is 312 g/mol. The number of H-pyrrole nitrogens is 1. The number of carbonyl (C=O) groups is 1. The van der Waals surface area contributed by atoms with Crippen LogP contribution in [0.2, 0.25) is 0 Å². The van der Waals surface area contributed by atoms with Gasteiger partial charge in [0.1, 0.15) is 5.82 Å². The van der Waals surface area contributed by atoms with Gasteiger partial charge in [-0.2, -0.15) is 0 Å². The zero-order chi connectivity index (χ0) is 16.0. The van der Waals surface area contributed by atoms with Crippen LogP contribution in [0.3, 0.4) is 0 Å². The molecule has 5 heteroatoms. The van der Waals surface area contributed by atoms with E-state index in [-0.39, 0.29) is 5.91 Å². The van der Waals surface area contributed by atoms with Crippen molar-refractivity contribution < 1.29 is 4.79 Å². The molecule has 5 nitrogen and oxygen atoms in total. The first-order valence-corrected chi connectivity index (χ1v) is 8.63. The Labute approximate surface area is 136 Å². The molecule has 2 fully saturated rings. The standard InChI is InChI=1S/C18H24N4O/c1-12-5-3-4-8-22(12)15-10-21(11-15)18(23)14-6-7-16-17(9-14)20-13(2)19-16/h6-7,9,12,15H,3-5,8,10-11H2,1-2H3,(H,19,20)/t12-/m0/s1. The van der Waals surface area contributed by atoms with Crippen LogP contribution in [0.15, 0.2) is 18.2 Å². The van der Waals surface area contributed by atoms with Crippen LogP contribution in [0.4, 0.5) is 0 Å². The van der Waals surface area contributed by atoms with Gasteiger partial charge in [0.05, 0.1) is 11.0 Å². The minimum atomic E-state index is 0.139. The molecule has 0 aliphatic carbocycles. The highest BCUT2D eigenvalue weighted by Gasteiger charge is 2.37. The number of nitrogens with one attached hydrogen (secondary N) is 1. The van der Waals surface area contributed by atoms with Gasteiger partial charge in [0.2, 0.25) is 0 Å². The molecule has 2 saturated heterocycles. The van der Waals surface area contributed by atoms with E-state index >= 15 is 0 Å². The van der Waals surface area contributed by atoms with Crippen molar-refractivity contribution in [1.29, 1.82) is 0 Å². The number of aromatic nitrogens is 2. The first kappa shape index (κ1) is 14.7. The summed E-state index contributed by atoms with van der Waals surface area (Å²) in [5.74, 6) is 1.02. The van der Waals surface area contributed by atoms with Crippen molar-refractivity contribution in [2.45, 2.75) is 45.2 Å². The minimum absolute atomic E-state index is 0.139. The maximum Gasteiger partial charge on any atom is 0.254 e. The summed E-state index contributed by atoms with van der Waals surface area (Å²) in [6.07, 6.45) is 3.93. The molecule has 1 aromatic carbocycles. The highest BCUT2D eigenvalue weighted by molar-refractivity contribution is 5.97. The number of amides is 1. The molecule has 2 aromatic rings. The molecule has 122 valence electrons. The summed E-state index contributed by atoms with van der Waals surface area (Å²) in [5.41, 5.74) is 2.61. The summed E-state index contributed by atoms with van der Waals surface area (Å²) in [6, 6.07) is 6.95. The number of rotatable bonds is 2. The molecule has 0 radical (unpaired) electrons. The van der Waals surface area contributed by atoms with Gasteiger partial charge in [0.15, 0.2) is 0 Å². The van der Waals surface area contributed by atoms with E-state index in [0.717, 1.165) is 35.5 Å². The third-order valence-electron chi connectivity index (χ3n) is 5.32. The predicted octanol–water partition coefficient (Wildman–Crippen LogP) is 2.57. The van der Waals surface area contributed by atoms with Crippen molar-refractivity contribution in [3.8, 4) is 0 Å². The molecule has 2 aliphatic rings. The minimum Gasteiger partial charge on any atom is -0.342 e. The Balaban J connectivity index is 1.43. The SMILES string of the molecule is Cc1nc2ccc(C(=O)N3CC(N4CCCC[C@@H]4C)C3)cc2[nH]1. The van der Waals surface area contributed by atoms with Crippen LogP contribution in [0.5, 0.6) is 0 Å². The number of benzene rings is 1. The van der Waals surface area contributed by atoms with Crippen LogP contribution in [-0.2, 0) is 0 Å². The lowest BCUT2D eigenvalue weighted by Crippen LogP contribution is -2.63. The fourth-order valence-electron chi connectivity index (χ4n) is 3.95. The zero-order valence-electron chi connectivity index (χ0n) is 13.9. The maximum atomic E-state index is 12.7. The number of hydrogen-bond acceptors (Lipinski definition) is 3. The van der Waals surface area contributed by atoms with E-state index in [1.807, 2.05) is 30.0 Å². The number of aryl methyl sites for hydroxylation is 1. The lowest BCUT2D eigenvalue weighted by molar-refractivity contribution is 0.00213. The quantitative estimate of drug-likeness (QED) is 0.927. The van der Waals surface area contributed by atoms with Gasteiger partial charge in [-0.05, 0) is 51.4 Å². The van der Waals surface area contributed by atoms with E-state index in [1.54, 1.807) is 0 Å². The third-order valence-corrected chi connectivity index (χ3v) is 5.32. The first-order valence-electron chi connectivity index (χ1n) is 8.63. The second kappa shape index (κ2) is 5.64. The van der Waals surface area contributed by atoms with Crippen molar-refractivity contribution >= 4 is 16.9 Å². The largest absolute Gasteiger partial charge is 0.342 e. The summed E-state index contributed by atoms with van der Waals surface area (Å²) in [4.78, 5) is 24.8. The maximum absolute atomic E-state index is 12.7. The van der Waals surface area contributed by atoms with Crippen molar-refractivity contribution in [2.75, 3.05) is 19.6 Å². The third kappa shape index (κ3) is 2.63. The van der Waals surface area contributed by atoms with Crippen LogP contribution in [0.25, 0.3) is 11.0 Å². The summed E-state index contributed by atoms with van der Waals surface area (Å²) in [7, 11) is 0. The average Bonchev–Trinajstić information content (AvgIpc) is 2.86. The Morgan fingerprint density at radius 1 is 1.30 bits per heavy atom. The van der Waals surface area contributed by atoms with Crippen molar-refractivity contribution in [3.63, 3.8) is 0 Å². The van der Waals surface area contributed by atoms with Gasteiger partial charge >= 0.3 is 0 Å². The fraction of sp³-hybridized carbons (Fsp3) is 0.556. The molecule has 0 bridgehead atoms. The Morgan fingerprint density at radius 3 is 2.91 bits per heavy atom. The van der Waals surface area contributed by atoms with E-state index in [2.05, 4.69) is 21.8 Å².